The number of hydrogen-bond donors (Lipinski definition) is 2. The van der Waals surface area contributed by atoms with Crippen molar-refractivity contribution in [3.05, 3.63) is 16.1 Å². The van der Waals surface area contributed by atoms with Crippen LogP contribution in [-0.2, 0) is 11.2 Å². The number of thiazole rings is 1. The van der Waals surface area contributed by atoms with Gasteiger partial charge in [-0.15, -0.1) is 11.3 Å². The lowest BCUT2D eigenvalue weighted by Gasteiger charge is -2.54. The molecule has 5 nitrogen and oxygen atoms in total. The monoisotopic (exact) mass is 322 g/mol. The molecule has 1 aromatic rings. The van der Waals surface area contributed by atoms with Crippen LogP contribution in [0.15, 0.2) is 11.2 Å². The molecule has 2 aliphatic rings. The van der Waals surface area contributed by atoms with Crippen LogP contribution in [0.25, 0.3) is 0 Å². The van der Waals surface area contributed by atoms with Crippen molar-refractivity contribution in [1.29, 1.82) is 0 Å². The van der Waals surface area contributed by atoms with Gasteiger partial charge in [0, 0.05) is 55.1 Å². The number of nitrogens with zero attached hydrogens (tertiary/aromatic N) is 2. The summed E-state index contributed by atoms with van der Waals surface area (Å²) in [5.41, 5.74) is 0.172. The third kappa shape index (κ3) is 2.86. The second-order valence-corrected chi connectivity index (χ2v) is 8.12. The molecule has 1 aliphatic carbocycles. The van der Waals surface area contributed by atoms with Crippen molar-refractivity contribution in [2.24, 2.45) is 16.3 Å². The van der Waals surface area contributed by atoms with E-state index in [0.717, 1.165) is 32.0 Å². The number of aliphatic imine (C=N–C) groups is 1. The van der Waals surface area contributed by atoms with Crippen LogP contribution in [0, 0.1) is 18.3 Å². The summed E-state index contributed by atoms with van der Waals surface area (Å²) in [5, 5.41) is 8.18. The normalized spacial score (nSPS) is 29.8. The van der Waals surface area contributed by atoms with Gasteiger partial charge in [0.2, 0.25) is 0 Å². The summed E-state index contributed by atoms with van der Waals surface area (Å²) in [7, 11) is 1.83. The highest BCUT2D eigenvalue weighted by Gasteiger charge is 2.59. The van der Waals surface area contributed by atoms with Crippen molar-refractivity contribution in [1.82, 2.24) is 15.6 Å². The van der Waals surface area contributed by atoms with Gasteiger partial charge in [0.25, 0.3) is 0 Å². The molecule has 1 aromatic heterocycles. The molecular formula is C16H26N4OS. The largest absolute Gasteiger partial charge is 0.377 e. The molecule has 0 aromatic carbocycles. The number of rotatable bonds is 4. The Hall–Kier alpha value is -1.14. The van der Waals surface area contributed by atoms with Gasteiger partial charge < -0.3 is 15.4 Å². The van der Waals surface area contributed by atoms with E-state index in [2.05, 4.69) is 41.4 Å². The minimum Gasteiger partial charge on any atom is -0.377 e. The maximum Gasteiger partial charge on any atom is 0.191 e. The van der Waals surface area contributed by atoms with Crippen LogP contribution < -0.4 is 10.6 Å². The summed E-state index contributed by atoms with van der Waals surface area (Å²) >= 11 is 1.76. The molecule has 0 radical (unpaired) electrons. The van der Waals surface area contributed by atoms with E-state index < -0.39 is 0 Å². The van der Waals surface area contributed by atoms with Gasteiger partial charge in [-0.3, -0.25) is 4.99 Å². The van der Waals surface area contributed by atoms with Crippen molar-refractivity contribution in [2.75, 3.05) is 20.2 Å². The van der Waals surface area contributed by atoms with Crippen molar-refractivity contribution in [2.45, 2.75) is 45.8 Å². The van der Waals surface area contributed by atoms with E-state index in [-0.39, 0.29) is 5.41 Å². The number of aryl methyl sites for hydroxylation is 1. The fourth-order valence-corrected chi connectivity index (χ4v) is 4.55. The van der Waals surface area contributed by atoms with Crippen molar-refractivity contribution in [3.63, 3.8) is 0 Å². The predicted molar refractivity (Wildman–Crippen MR) is 90.5 cm³/mol. The minimum atomic E-state index is 0.172. The Kier molecular flexibility index (Phi) is 4.41. The zero-order valence-electron chi connectivity index (χ0n) is 13.8. The van der Waals surface area contributed by atoms with Crippen molar-refractivity contribution < 1.29 is 4.74 Å². The SMILES string of the molecule is CN=C(NCCc1ncc(C)s1)NC1C2CCOC2C1(C)C. The summed E-state index contributed by atoms with van der Waals surface area (Å²) in [5.74, 6) is 1.51. The summed E-state index contributed by atoms with van der Waals surface area (Å²) in [4.78, 5) is 10.0. The fraction of sp³-hybridized carbons (Fsp3) is 0.750. The standard InChI is InChI=1S/C16H26N4OS/c1-10-9-19-12(22-10)5-7-18-15(17-4)20-13-11-6-8-21-14(11)16(13,2)3/h9,11,13-14H,5-8H2,1-4H3,(H2,17,18,20). The Morgan fingerprint density at radius 1 is 1.55 bits per heavy atom. The molecule has 0 bridgehead atoms. The van der Waals surface area contributed by atoms with Crippen molar-refractivity contribution >= 4 is 17.3 Å². The first-order valence-electron chi connectivity index (χ1n) is 8.02. The third-order valence-electron chi connectivity index (χ3n) is 4.92. The van der Waals surface area contributed by atoms with E-state index in [9.17, 15) is 0 Å². The van der Waals surface area contributed by atoms with E-state index in [0.29, 0.717) is 18.1 Å². The Bertz CT molecular complexity index is 554. The van der Waals surface area contributed by atoms with Crippen LogP contribution in [0.1, 0.15) is 30.2 Å². The molecule has 3 rings (SSSR count). The highest BCUT2D eigenvalue weighted by molar-refractivity contribution is 7.11. The molecule has 1 saturated carbocycles. The number of guanidine groups is 1. The lowest BCUT2D eigenvalue weighted by Crippen LogP contribution is -2.68. The second kappa shape index (κ2) is 6.16. The van der Waals surface area contributed by atoms with E-state index >= 15 is 0 Å². The molecular weight excluding hydrogens is 296 g/mol. The Labute approximate surface area is 136 Å². The third-order valence-corrected chi connectivity index (χ3v) is 5.89. The lowest BCUT2D eigenvalue weighted by molar-refractivity contribution is -0.106. The number of fused-ring (bicyclic) bond motifs is 1. The first-order chi connectivity index (χ1) is 10.5. The molecule has 122 valence electrons. The number of aromatic nitrogens is 1. The van der Waals surface area contributed by atoms with Crippen LogP contribution in [-0.4, -0.2) is 43.3 Å². The molecule has 2 heterocycles. The van der Waals surface area contributed by atoms with E-state index in [4.69, 9.17) is 4.74 Å². The molecule has 2 fully saturated rings. The molecule has 22 heavy (non-hydrogen) atoms. The van der Waals surface area contributed by atoms with Crippen molar-refractivity contribution in [3.8, 4) is 0 Å². The summed E-state index contributed by atoms with van der Waals surface area (Å²) in [6, 6.07) is 0.438. The van der Waals surface area contributed by atoms with Crippen LogP contribution in [0.5, 0.6) is 0 Å². The average molecular weight is 322 g/mol. The van der Waals surface area contributed by atoms with Gasteiger partial charge in [0.05, 0.1) is 11.1 Å². The highest BCUT2D eigenvalue weighted by atomic mass is 32.1. The molecule has 0 amide bonds. The fourth-order valence-electron chi connectivity index (χ4n) is 3.76. The number of ether oxygens (including phenoxy) is 1. The van der Waals surface area contributed by atoms with E-state index in [1.165, 1.54) is 9.88 Å². The van der Waals surface area contributed by atoms with Crippen LogP contribution in [0.2, 0.25) is 0 Å². The summed E-state index contributed by atoms with van der Waals surface area (Å²) < 4.78 is 5.85. The first-order valence-corrected chi connectivity index (χ1v) is 8.84. The van der Waals surface area contributed by atoms with E-state index in [1.807, 2.05) is 13.2 Å². The van der Waals surface area contributed by atoms with E-state index in [1.54, 1.807) is 11.3 Å². The smallest absolute Gasteiger partial charge is 0.191 e. The molecule has 0 spiro atoms. The number of hydrogen-bond acceptors (Lipinski definition) is 4. The Morgan fingerprint density at radius 2 is 2.36 bits per heavy atom. The Balaban J connectivity index is 1.50. The average Bonchev–Trinajstić information content (AvgIpc) is 3.10. The molecule has 3 unspecified atom stereocenters. The van der Waals surface area contributed by atoms with Gasteiger partial charge in [-0.1, -0.05) is 13.8 Å². The lowest BCUT2D eigenvalue weighted by atomic mass is 9.57. The predicted octanol–water partition coefficient (Wildman–Crippen LogP) is 1.97. The van der Waals surface area contributed by atoms with Gasteiger partial charge in [0.1, 0.15) is 0 Å². The quantitative estimate of drug-likeness (QED) is 0.657. The topological polar surface area (TPSA) is 58.5 Å². The molecule has 2 N–H and O–H groups in total. The molecule has 6 heteroatoms. The van der Waals surface area contributed by atoms with Crippen LogP contribution >= 0.6 is 11.3 Å². The van der Waals surface area contributed by atoms with Gasteiger partial charge >= 0.3 is 0 Å². The maximum absolute atomic E-state index is 5.85. The zero-order chi connectivity index (χ0) is 15.7. The molecule has 1 saturated heterocycles. The highest BCUT2D eigenvalue weighted by Crippen LogP contribution is 2.52. The van der Waals surface area contributed by atoms with Gasteiger partial charge in [-0.05, 0) is 13.3 Å². The zero-order valence-corrected chi connectivity index (χ0v) is 14.7. The van der Waals surface area contributed by atoms with Crippen LogP contribution in [0.4, 0.5) is 0 Å². The molecule has 1 aliphatic heterocycles. The minimum absolute atomic E-state index is 0.172. The first kappa shape index (κ1) is 15.7. The second-order valence-electron chi connectivity index (χ2n) is 6.80. The summed E-state index contributed by atoms with van der Waals surface area (Å²) in [6.07, 6.45) is 4.43. The van der Waals surface area contributed by atoms with Crippen LogP contribution in [0.3, 0.4) is 0 Å². The van der Waals surface area contributed by atoms with Gasteiger partial charge in [0.15, 0.2) is 5.96 Å². The Morgan fingerprint density at radius 3 is 3.05 bits per heavy atom. The number of nitrogens with one attached hydrogen (secondary N) is 2. The molecule has 3 atom stereocenters. The van der Waals surface area contributed by atoms with Gasteiger partial charge in [-0.25, -0.2) is 4.98 Å². The summed E-state index contributed by atoms with van der Waals surface area (Å²) in [6.45, 7) is 8.40. The maximum atomic E-state index is 5.85. The van der Waals surface area contributed by atoms with Gasteiger partial charge in [-0.2, -0.15) is 0 Å².